The fourth-order valence-electron chi connectivity index (χ4n) is 3.30. The van der Waals surface area contributed by atoms with Gasteiger partial charge in [0, 0.05) is 43.2 Å². The van der Waals surface area contributed by atoms with Gasteiger partial charge in [0.1, 0.15) is 12.2 Å². The van der Waals surface area contributed by atoms with Gasteiger partial charge in [-0.15, -0.1) is 0 Å². The van der Waals surface area contributed by atoms with Gasteiger partial charge in [-0.25, -0.2) is 5.43 Å². The number of carbonyl (C=O) groups is 1. The van der Waals surface area contributed by atoms with Gasteiger partial charge in [-0.2, -0.15) is 5.10 Å². The zero-order chi connectivity index (χ0) is 26.5. The van der Waals surface area contributed by atoms with Crippen LogP contribution in [0.25, 0.3) is 11.0 Å². The normalized spacial score (nSPS) is 11.1. The van der Waals surface area contributed by atoms with Crippen molar-refractivity contribution in [3.8, 4) is 11.5 Å². The molecule has 0 atom stereocenters. The van der Waals surface area contributed by atoms with Crippen LogP contribution in [0.2, 0.25) is 10.0 Å². The Balaban J connectivity index is 1.47. The van der Waals surface area contributed by atoms with E-state index in [4.69, 9.17) is 37.1 Å². The minimum atomic E-state index is -0.615. The summed E-state index contributed by atoms with van der Waals surface area (Å²) in [4.78, 5) is 22.9. The van der Waals surface area contributed by atoms with Crippen molar-refractivity contribution in [1.29, 1.82) is 0 Å². The number of ether oxygens (including phenoxy) is 2. The Morgan fingerprint density at radius 1 is 1.14 bits per heavy atom. The maximum absolute atomic E-state index is 12.5. The summed E-state index contributed by atoms with van der Waals surface area (Å²) in [6.45, 7) is 2.45. The summed E-state index contributed by atoms with van der Waals surface area (Å²) < 4.78 is 17.8. The van der Waals surface area contributed by atoms with Gasteiger partial charge >= 0.3 is 5.91 Å². The molecule has 12 heteroatoms. The van der Waals surface area contributed by atoms with Crippen LogP contribution in [0.1, 0.15) is 28.6 Å². The number of amides is 1. The number of rotatable bonds is 9. The molecule has 9 nitrogen and oxygen atoms in total. The number of nitro groups is 1. The first-order valence-corrected chi connectivity index (χ1v) is 12.3. The molecule has 1 N–H and O–H groups in total. The largest absolute Gasteiger partial charge is 0.490 e. The molecule has 190 valence electrons. The smallest absolute Gasteiger partial charge is 0.307 e. The third-order valence-electron chi connectivity index (χ3n) is 5.07. The minimum absolute atomic E-state index is 0.0358. The molecule has 4 rings (SSSR count). The Hall–Kier alpha value is -3.60. The van der Waals surface area contributed by atoms with Crippen molar-refractivity contribution in [2.75, 3.05) is 6.61 Å². The number of carbonyl (C=O) groups excluding carboxylic acids is 1. The van der Waals surface area contributed by atoms with Gasteiger partial charge in [-0.1, -0.05) is 29.3 Å². The third-order valence-corrected chi connectivity index (χ3v) is 6.34. The topological polar surface area (TPSA) is 116 Å². The standard InChI is InChI=1S/C25H18BrCl2N3O6/c1-2-35-22-9-16(19(26)11-23(22)36-13-14-3-4-17(27)10-20(14)28)12-29-30-25(32)24-8-15-7-18(31(33)34)5-6-21(15)37-24/h3-12H,2,13H2,1H3,(H,30,32)/b29-12+. The average molecular weight is 607 g/mol. The summed E-state index contributed by atoms with van der Waals surface area (Å²) in [7, 11) is 0. The highest BCUT2D eigenvalue weighted by Crippen LogP contribution is 2.34. The van der Waals surface area contributed by atoms with E-state index in [0.717, 1.165) is 5.56 Å². The predicted octanol–water partition coefficient (Wildman–Crippen LogP) is 7.15. The molecule has 0 radical (unpaired) electrons. The summed E-state index contributed by atoms with van der Waals surface area (Å²) >= 11 is 15.7. The first-order valence-electron chi connectivity index (χ1n) is 10.8. The van der Waals surface area contributed by atoms with E-state index >= 15 is 0 Å². The second-order valence-corrected chi connectivity index (χ2v) is 9.26. The molecular weight excluding hydrogens is 589 g/mol. The number of fused-ring (bicyclic) bond motifs is 1. The van der Waals surface area contributed by atoms with Gasteiger partial charge < -0.3 is 13.9 Å². The van der Waals surface area contributed by atoms with Gasteiger partial charge in [-0.05, 0) is 59.3 Å². The molecular formula is C25H18BrCl2N3O6. The molecule has 0 aliphatic heterocycles. The van der Waals surface area contributed by atoms with Crippen LogP contribution in [0.3, 0.4) is 0 Å². The van der Waals surface area contributed by atoms with Crippen LogP contribution in [-0.4, -0.2) is 23.7 Å². The van der Waals surface area contributed by atoms with E-state index in [9.17, 15) is 14.9 Å². The Morgan fingerprint density at radius 2 is 1.92 bits per heavy atom. The highest BCUT2D eigenvalue weighted by Gasteiger charge is 2.15. The van der Waals surface area contributed by atoms with Gasteiger partial charge in [0.05, 0.1) is 17.7 Å². The maximum atomic E-state index is 12.5. The molecule has 1 amide bonds. The monoisotopic (exact) mass is 605 g/mol. The Bertz CT molecular complexity index is 1520. The Labute approximate surface area is 229 Å². The quantitative estimate of drug-likeness (QED) is 0.123. The average Bonchev–Trinajstić information content (AvgIpc) is 3.29. The number of nitrogens with zero attached hydrogens (tertiary/aromatic N) is 2. The van der Waals surface area contributed by atoms with Crippen LogP contribution in [0, 0.1) is 10.1 Å². The summed E-state index contributed by atoms with van der Waals surface area (Å²) in [6.07, 6.45) is 1.43. The molecule has 0 saturated heterocycles. The number of halogens is 3. The van der Waals surface area contributed by atoms with Gasteiger partial charge in [0.2, 0.25) is 0 Å². The maximum Gasteiger partial charge on any atom is 0.307 e. The molecule has 0 saturated carbocycles. The molecule has 0 fully saturated rings. The van der Waals surface area contributed by atoms with Crippen LogP contribution >= 0.6 is 39.1 Å². The number of furan rings is 1. The van der Waals surface area contributed by atoms with Crippen LogP contribution in [0.15, 0.2) is 68.6 Å². The predicted molar refractivity (Wildman–Crippen MR) is 144 cm³/mol. The van der Waals surface area contributed by atoms with Crippen molar-refractivity contribution >= 4 is 67.9 Å². The second-order valence-electron chi connectivity index (χ2n) is 7.57. The van der Waals surface area contributed by atoms with Crippen LogP contribution in [-0.2, 0) is 6.61 Å². The minimum Gasteiger partial charge on any atom is -0.490 e. The lowest BCUT2D eigenvalue weighted by Crippen LogP contribution is -2.16. The summed E-state index contributed by atoms with van der Waals surface area (Å²) in [5.41, 5.74) is 4.00. The lowest BCUT2D eigenvalue weighted by atomic mass is 10.2. The molecule has 4 aromatic rings. The fourth-order valence-corrected chi connectivity index (χ4v) is 4.18. The van der Waals surface area contributed by atoms with Gasteiger partial charge in [0.25, 0.3) is 5.69 Å². The van der Waals surface area contributed by atoms with Crippen molar-refractivity contribution in [2.24, 2.45) is 5.10 Å². The number of non-ortho nitro benzene ring substituents is 1. The molecule has 1 aromatic heterocycles. The molecule has 0 aliphatic carbocycles. The molecule has 0 unspecified atom stereocenters. The summed E-state index contributed by atoms with van der Waals surface area (Å²) in [5.74, 6) is 0.308. The second kappa shape index (κ2) is 11.6. The van der Waals surface area contributed by atoms with Crippen LogP contribution < -0.4 is 14.9 Å². The molecule has 3 aromatic carbocycles. The van der Waals surface area contributed by atoms with Crippen LogP contribution in [0.5, 0.6) is 11.5 Å². The molecule has 0 aliphatic rings. The zero-order valence-corrected chi connectivity index (χ0v) is 22.3. The highest BCUT2D eigenvalue weighted by atomic mass is 79.9. The lowest BCUT2D eigenvalue weighted by Gasteiger charge is -2.14. The van der Waals surface area contributed by atoms with E-state index in [1.807, 2.05) is 6.92 Å². The SMILES string of the molecule is CCOc1cc(/C=N/NC(=O)c2cc3cc([N+](=O)[O-])ccc3o2)c(Br)cc1OCc1ccc(Cl)cc1Cl. The fraction of sp³-hybridized carbons (Fsp3) is 0.120. The number of benzene rings is 3. The van der Waals surface area contributed by atoms with Crippen molar-refractivity contribution in [3.05, 3.63) is 96.1 Å². The first kappa shape index (κ1) is 26.5. The van der Waals surface area contributed by atoms with Crippen LogP contribution in [0.4, 0.5) is 5.69 Å². The number of hydrogen-bond acceptors (Lipinski definition) is 7. The van der Waals surface area contributed by atoms with E-state index in [-0.39, 0.29) is 18.1 Å². The Morgan fingerprint density at radius 3 is 2.65 bits per heavy atom. The van der Waals surface area contributed by atoms with Crippen molar-refractivity contribution in [1.82, 2.24) is 5.43 Å². The lowest BCUT2D eigenvalue weighted by molar-refractivity contribution is -0.384. The molecule has 37 heavy (non-hydrogen) atoms. The summed E-state index contributed by atoms with van der Waals surface area (Å²) in [5, 5.41) is 16.4. The van der Waals surface area contributed by atoms with Crippen molar-refractivity contribution < 1.29 is 23.6 Å². The number of nitrogens with one attached hydrogen (secondary N) is 1. The van der Waals surface area contributed by atoms with Crippen molar-refractivity contribution in [3.63, 3.8) is 0 Å². The van der Waals surface area contributed by atoms with E-state index in [1.165, 1.54) is 30.5 Å². The summed E-state index contributed by atoms with van der Waals surface area (Å²) in [6, 6.07) is 14.1. The van der Waals surface area contributed by atoms with E-state index in [2.05, 4.69) is 26.5 Å². The molecule has 1 heterocycles. The zero-order valence-electron chi connectivity index (χ0n) is 19.2. The van der Waals surface area contributed by atoms with Crippen molar-refractivity contribution in [2.45, 2.75) is 13.5 Å². The highest BCUT2D eigenvalue weighted by molar-refractivity contribution is 9.10. The number of hydrazone groups is 1. The van der Waals surface area contributed by atoms with E-state index < -0.39 is 10.8 Å². The van der Waals surface area contributed by atoms with Gasteiger partial charge in [0.15, 0.2) is 17.3 Å². The molecule has 0 spiro atoms. The Kier molecular flexibility index (Phi) is 8.32. The first-order chi connectivity index (χ1) is 17.7. The number of nitro benzene ring substituents is 1. The van der Waals surface area contributed by atoms with Gasteiger partial charge in [-0.3, -0.25) is 14.9 Å². The van der Waals surface area contributed by atoms with E-state index in [1.54, 1.807) is 30.3 Å². The third kappa shape index (κ3) is 6.40. The van der Waals surface area contributed by atoms with E-state index in [0.29, 0.717) is 49.2 Å². The molecule has 0 bridgehead atoms. The number of hydrogen-bond donors (Lipinski definition) is 1.